The van der Waals surface area contributed by atoms with Crippen LogP contribution >= 0.6 is 27.5 Å². The molecule has 0 aliphatic heterocycles. The molecule has 0 bridgehead atoms. The average Bonchev–Trinajstić information content (AvgIpc) is 3.22. The molecule has 1 fully saturated rings. The first-order chi connectivity index (χ1) is 9.54. The van der Waals surface area contributed by atoms with E-state index in [0.717, 1.165) is 29.3 Å². The molecule has 0 aromatic heterocycles. The molecule has 0 amide bonds. The highest BCUT2D eigenvalue weighted by Gasteiger charge is 2.36. The number of sulfonamides is 1. The van der Waals surface area contributed by atoms with Gasteiger partial charge in [-0.05, 0) is 37.3 Å². The lowest BCUT2D eigenvalue weighted by Gasteiger charge is -2.22. The van der Waals surface area contributed by atoms with E-state index in [1.54, 1.807) is 4.31 Å². The lowest BCUT2D eigenvalue weighted by Crippen LogP contribution is -2.34. The molecule has 6 heteroatoms. The van der Waals surface area contributed by atoms with Gasteiger partial charge in [-0.3, -0.25) is 0 Å². The van der Waals surface area contributed by atoms with Crippen molar-refractivity contribution >= 4 is 37.6 Å². The number of nitrogens with zero attached hydrogens (tertiary/aromatic N) is 1. The van der Waals surface area contributed by atoms with Crippen molar-refractivity contribution in [2.75, 3.05) is 11.6 Å². The molecule has 0 radical (unpaired) electrons. The fourth-order valence-corrected chi connectivity index (χ4v) is 4.51. The van der Waals surface area contributed by atoms with Gasteiger partial charge in [0.25, 0.3) is 0 Å². The lowest BCUT2D eigenvalue weighted by molar-refractivity contribution is 0.397. The summed E-state index contributed by atoms with van der Waals surface area (Å²) in [5.74, 6) is 0.712. The third-order valence-corrected chi connectivity index (χ3v) is 6.37. The van der Waals surface area contributed by atoms with Crippen molar-refractivity contribution in [1.82, 2.24) is 4.31 Å². The molecule has 1 aromatic rings. The van der Waals surface area contributed by atoms with E-state index in [-0.39, 0.29) is 11.8 Å². The number of hydrogen-bond donors (Lipinski definition) is 0. The predicted octanol–water partition coefficient (Wildman–Crippen LogP) is 3.76. The Bertz CT molecular complexity index is 546. The molecule has 0 heterocycles. The Morgan fingerprint density at radius 2 is 1.95 bits per heavy atom. The van der Waals surface area contributed by atoms with Gasteiger partial charge in [0.2, 0.25) is 10.0 Å². The van der Waals surface area contributed by atoms with Gasteiger partial charge >= 0.3 is 0 Å². The number of halogens is 2. The van der Waals surface area contributed by atoms with Gasteiger partial charge in [0.05, 0.1) is 5.75 Å². The summed E-state index contributed by atoms with van der Waals surface area (Å²) in [6, 6.07) is 7.96. The molecule has 1 aliphatic rings. The van der Waals surface area contributed by atoms with Crippen LogP contribution < -0.4 is 0 Å². The summed E-state index contributed by atoms with van der Waals surface area (Å²) >= 11 is 9.11. The van der Waals surface area contributed by atoms with E-state index in [1.807, 2.05) is 24.3 Å². The van der Waals surface area contributed by atoms with E-state index >= 15 is 0 Å². The minimum Gasteiger partial charge on any atom is -0.212 e. The van der Waals surface area contributed by atoms with Gasteiger partial charge in [0, 0.05) is 22.9 Å². The third-order valence-electron chi connectivity index (χ3n) is 3.38. The van der Waals surface area contributed by atoms with Gasteiger partial charge in [-0.1, -0.05) is 34.1 Å². The molecule has 0 unspecified atom stereocenters. The molecule has 0 atom stereocenters. The Labute approximate surface area is 134 Å². The van der Waals surface area contributed by atoms with Gasteiger partial charge in [-0.2, -0.15) is 4.31 Å². The Hall–Kier alpha value is -0.100. The monoisotopic (exact) mass is 379 g/mol. The summed E-state index contributed by atoms with van der Waals surface area (Å²) in [6.07, 6.45) is 3.32. The highest BCUT2D eigenvalue weighted by atomic mass is 79.9. The standard InChI is InChI=1S/C14H19BrClNO2S/c15-14-6-2-1-5-12(14)11-17(13-7-8-13)20(18,19)10-4-3-9-16/h1-2,5-6,13H,3-4,7-11H2. The summed E-state index contributed by atoms with van der Waals surface area (Å²) in [4.78, 5) is 0. The summed E-state index contributed by atoms with van der Waals surface area (Å²) < 4.78 is 27.6. The van der Waals surface area contributed by atoms with Gasteiger partial charge < -0.3 is 0 Å². The molecule has 20 heavy (non-hydrogen) atoms. The molecule has 2 rings (SSSR count). The van der Waals surface area contributed by atoms with Crippen LogP contribution in [-0.4, -0.2) is 30.4 Å². The number of benzene rings is 1. The van der Waals surface area contributed by atoms with Crippen LogP contribution in [0.15, 0.2) is 28.7 Å². The fourth-order valence-electron chi connectivity index (χ4n) is 2.11. The van der Waals surface area contributed by atoms with Crippen molar-refractivity contribution in [3.05, 3.63) is 34.3 Å². The minimum absolute atomic E-state index is 0.183. The van der Waals surface area contributed by atoms with Crippen LogP contribution in [0.4, 0.5) is 0 Å². The van der Waals surface area contributed by atoms with Gasteiger partial charge in [0.15, 0.2) is 0 Å². The fraction of sp³-hybridized carbons (Fsp3) is 0.571. The maximum absolute atomic E-state index is 12.5. The quantitative estimate of drug-likeness (QED) is 0.508. The molecule has 1 aromatic carbocycles. The van der Waals surface area contributed by atoms with Crippen molar-refractivity contribution in [2.45, 2.75) is 38.3 Å². The lowest BCUT2D eigenvalue weighted by atomic mass is 10.2. The molecular weight excluding hydrogens is 362 g/mol. The maximum Gasteiger partial charge on any atom is 0.214 e. The molecule has 0 spiro atoms. The SMILES string of the molecule is O=S(=O)(CCCCCl)N(Cc1ccccc1Br)C1CC1. The second-order valence-corrected chi connectivity index (χ2v) is 8.35. The Morgan fingerprint density at radius 3 is 2.55 bits per heavy atom. The topological polar surface area (TPSA) is 37.4 Å². The van der Waals surface area contributed by atoms with Crippen molar-refractivity contribution in [1.29, 1.82) is 0 Å². The third kappa shape index (κ3) is 4.45. The van der Waals surface area contributed by atoms with Gasteiger partial charge in [0.1, 0.15) is 0 Å². The molecule has 1 aliphatic carbocycles. The van der Waals surface area contributed by atoms with Crippen LogP contribution in [0.5, 0.6) is 0 Å². The summed E-state index contributed by atoms with van der Waals surface area (Å²) in [5.41, 5.74) is 1.01. The molecule has 1 saturated carbocycles. The van der Waals surface area contributed by atoms with Gasteiger partial charge in [-0.25, -0.2) is 8.42 Å². The van der Waals surface area contributed by atoms with Crippen LogP contribution in [0.2, 0.25) is 0 Å². The zero-order chi connectivity index (χ0) is 14.6. The van der Waals surface area contributed by atoms with E-state index in [4.69, 9.17) is 11.6 Å². The van der Waals surface area contributed by atoms with Crippen molar-refractivity contribution < 1.29 is 8.42 Å². The molecular formula is C14H19BrClNO2S. The zero-order valence-electron chi connectivity index (χ0n) is 11.3. The van der Waals surface area contributed by atoms with Crippen LogP contribution in [0, 0.1) is 0 Å². The van der Waals surface area contributed by atoms with Crippen molar-refractivity contribution in [3.63, 3.8) is 0 Å². The van der Waals surface area contributed by atoms with Crippen LogP contribution in [-0.2, 0) is 16.6 Å². The van der Waals surface area contributed by atoms with E-state index < -0.39 is 10.0 Å². The minimum atomic E-state index is -3.19. The van der Waals surface area contributed by atoms with Crippen molar-refractivity contribution in [3.8, 4) is 0 Å². The smallest absolute Gasteiger partial charge is 0.212 e. The van der Waals surface area contributed by atoms with E-state index in [1.165, 1.54) is 0 Å². The van der Waals surface area contributed by atoms with Crippen LogP contribution in [0.25, 0.3) is 0 Å². The van der Waals surface area contributed by atoms with Crippen LogP contribution in [0.3, 0.4) is 0 Å². The maximum atomic E-state index is 12.5. The Kier molecular flexibility index (Phi) is 5.90. The number of hydrogen-bond acceptors (Lipinski definition) is 2. The largest absolute Gasteiger partial charge is 0.214 e. The van der Waals surface area contributed by atoms with E-state index in [2.05, 4.69) is 15.9 Å². The highest BCUT2D eigenvalue weighted by Crippen LogP contribution is 2.32. The molecule has 0 saturated heterocycles. The molecule has 112 valence electrons. The Balaban J connectivity index is 2.09. The Morgan fingerprint density at radius 1 is 1.25 bits per heavy atom. The second kappa shape index (κ2) is 7.25. The molecule has 0 N–H and O–H groups in total. The summed E-state index contributed by atoms with van der Waals surface area (Å²) in [6.45, 7) is 0.454. The average molecular weight is 381 g/mol. The van der Waals surface area contributed by atoms with E-state index in [0.29, 0.717) is 18.8 Å². The first-order valence-corrected chi connectivity index (χ1v) is 9.77. The second-order valence-electron chi connectivity index (χ2n) is 5.08. The summed E-state index contributed by atoms with van der Waals surface area (Å²) in [7, 11) is -3.19. The van der Waals surface area contributed by atoms with Crippen molar-refractivity contribution in [2.24, 2.45) is 0 Å². The highest BCUT2D eigenvalue weighted by molar-refractivity contribution is 9.10. The van der Waals surface area contributed by atoms with Gasteiger partial charge in [-0.15, -0.1) is 11.6 Å². The summed E-state index contributed by atoms with van der Waals surface area (Å²) in [5, 5.41) is 0. The van der Waals surface area contributed by atoms with Crippen LogP contribution in [0.1, 0.15) is 31.2 Å². The number of rotatable bonds is 8. The normalized spacial score (nSPS) is 15.8. The zero-order valence-corrected chi connectivity index (χ0v) is 14.4. The van der Waals surface area contributed by atoms with E-state index in [9.17, 15) is 8.42 Å². The number of unbranched alkanes of at least 4 members (excludes halogenated alkanes) is 1. The molecule has 3 nitrogen and oxygen atoms in total. The first kappa shape index (κ1) is 16.3. The number of alkyl halides is 1. The predicted molar refractivity (Wildman–Crippen MR) is 86.4 cm³/mol. The first-order valence-electron chi connectivity index (χ1n) is 6.83.